The predicted octanol–water partition coefficient (Wildman–Crippen LogP) is 4.52. The van der Waals surface area contributed by atoms with Gasteiger partial charge in [0.2, 0.25) is 0 Å². The second-order valence-electron chi connectivity index (χ2n) is 6.27. The Kier molecular flexibility index (Phi) is 5.84. The average Bonchev–Trinajstić information content (AvgIpc) is 2.68. The minimum Gasteiger partial charge on any atom is -0.493 e. The largest absolute Gasteiger partial charge is 0.493 e. The summed E-state index contributed by atoms with van der Waals surface area (Å²) in [5.41, 5.74) is -0.0998. The lowest BCUT2D eigenvalue weighted by atomic mass is 10.1. The molecule has 28 heavy (non-hydrogen) atoms. The number of ether oxygens (including phenoxy) is 1. The molecule has 3 aromatic carbocycles. The van der Waals surface area contributed by atoms with Gasteiger partial charge in [-0.15, -0.1) is 0 Å². The number of carbonyl (C=O) groups is 1. The van der Waals surface area contributed by atoms with Crippen LogP contribution < -0.4 is 9.46 Å². The van der Waals surface area contributed by atoms with Gasteiger partial charge in [0.25, 0.3) is 10.0 Å². The Morgan fingerprint density at radius 1 is 1.00 bits per heavy atom. The number of hydrogen-bond acceptors (Lipinski definition) is 4. The number of unbranched alkanes of at least 4 members (excludes halogenated alkanes) is 1. The number of hydrogen-bond donors (Lipinski definition) is 2. The molecular weight excluding hydrogens is 378 g/mol. The standard InChI is InChI=1S/C21H21NO5S/c1-2-3-14-27-19-12-13-20(16-9-5-4-8-15(16)19)28(25,26)22-18-11-7-6-10-17(18)21(23)24/h4-13,22H,2-3,14H2,1H3,(H,23,24). The molecule has 0 saturated heterocycles. The molecule has 3 aromatic rings. The third-order valence-corrected chi connectivity index (χ3v) is 5.71. The molecule has 0 bridgehead atoms. The highest BCUT2D eigenvalue weighted by molar-refractivity contribution is 7.93. The van der Waals surface area contributed by atoms with Crippen LogP contribution in [0.5, 0.6) is 5.75 Å². The summed E-state index contributed by atoms with van der Waals surface area (Å²) < 4.78 is 34.2. The van der Waals surface area contributed by atoms with Crippen LogP contribution in [0.15, 0.2) is 65.6 Å². The molecule has 2 N–H and O–H groups in total. The highest BCUT2D eigenvalue weighted by atomic mass is 32.2. The van der Waals surface area contributed by atoms with Crippen LogP contribution in [0.1, 0.15) is 30.1 Å². The topological polar surface area (TPSA) is 92.7 Å². The van der Waals surface area contributed by atoms with Crippen LogP contribution >= 0.6 is 0 Å². The molecule has 0 aromatic heterocycles. The summed E-state index contributed by atoms with van der Waals surface area (Å²) >= 11 is 0. The Labute approximate surface area is 163 Å². The highest BCUT2D eigenvalue weighted by Crippen LogP contribution is 2.32. The van der Waals surface area contributed by atoms with Gasteiger partial charge in [0, 0.05) is 10.8 Å². The van der Waals surface area contributed by atoms with E-state index in [1.807, 2.05) is 6.07 Å². The first-order chi connectivity index (χ1) is 13.4. The molecule has 0 radical (unpaired) electrons. The van der Waals surface area contributed by atoms with Crippen molar-refractivity contribution >= 4 is 32.5 Å². The van der Waals surface area contributed by atoms with Gasteiger partial charge < -0.3 is 9.84 Å². The molecular formula is C21H21NO5S. The van der Waals surface area contributed by atoms with E-state index in [1.165, 1.54) is 18.2 Å². The maximum Gasteiger partial charge on any atom is 0.337 e. The summed E-state index contributed by atoms with van der Waals surface area (Å²) in [5, 5.41) is 10.5. The van der Waals surface area contributed by atoms with Crippen molar-refractivity contribution in [2.75, 3.05) is 11.3 Å². The molecule has 0 spiro atoms. The molecule has 0 aliphatic rings. The van der Waals surface area contributed by atoms with Crippen molar-refractivity contribution in [2.45, 2.75) is 24.7 Å². The molecule has 7 heteroatoms. The van der Waals surface area contributed by atoms with Gasteiger partial charge in [-0.05, 0) is 30.7 Å². The van der Waals surface area contributed by atoms with Gasteiger partial charge in [0.05, 0.1) is 22.8 Å². The van der Waals surface area contributed by atoms with Crippen molar-refractivity contribution in [3.05, 3.63) is 66.2 Å². The van der Waals surface area contributed by atoms with E-state index in [4.69, 9.17) is 4.74 Å². The molecule has 0 unspecified atom stereocenters. The van der Waals surface area contributed by atoms with Gasteiger partial charge in [-0.3, -0.25) is 4.72 Å². The summed E-state index contributed by atoms with van der Waals surface area (Å²) in [6.07, 6.45) is 1.90. The number of para-hydroxylation sites is 1. The second-order valence-corrected chi connectivity index (χ2v) is 7.92. The first-order valence-corrected chi connectivity index (χ1v) is 10.4. The Morgan fingerprint density at radius 2 is 1.68 bits per heavy atom. The van der Waals surface area contributed by atoms with Crippen molar-refractivity contribution in [2.24, 2.45) is 0 Å². The molecule has 0 saturated carbocycles. The minimum absolute atomic E-state index is 0.0161. The number of sulfonamides is 1. The van der Waals surface area contributed by atoms with E-state index < -0.39 is 16.0 Å². The van der Waals surface area contributed by atoms with Crippen LogP contribution in [-0.4, -0.2) is 26.1 Å². The van der Waals surface area contributed by atoms with E-state index in [-0.39, 0.29) is 16.1 Å². The predicted molar refractivity (Wildman–Crippen MR) is 109 cm³/mol. The normalized spacial score (nSPS) is 11.3. The lowest BCUT2D eigenvalue weighted by Gasteiger charge is -2.15. The number of benzene rings is 3. The van der Waals surface area contributed by atoms with Crippen molar-refractivity contribution < 1.29 is 23.1 Å². The van der Waals surface area contributed by atoms with Gasteiger partial charge in [-0.25, -0.2) is 13.2 Å². The van der Waals surface area contributed by atoms with Crippen LogP contribution in [0.4, 0.5) is 5.69 Å². The number of anilines is 1. The maximum atomic E-state index is 13.0. The molecule has 0 heterocycles. The zero-order valence-corrected chi connectivity index (χ0v) is 16.2. The van der Waals surface area contributed by atoms with Gasteiger partial charge in [-0.2, -0.15) is 0 Å². The van der Waals surface area contributed by atoms with Crippen LogP contribution in [0, 0.1) is 0 Å². The summed E-state index contributed by atoms with van der Waals surface area (Å²) in [6.45, 7) is 2.62. The van der Waals surface area contributed by atoms with Gasteiger partial charge in [0.1, 0.15) is 5.75 Å². The first-order valence-electron chi connectivity index (χ1n) is 8.93. The molecule has 0 amide bonds. The Balaban J connectivity index is 2.03. The number of carboxylic acid groups (broad SMARTS) is 1. The van der Waals surface area contributed by atoms with E-state index in [0.29, 0.717) is 23.1 Å². The average molecular weight is 399 g/mol. The Bertz CT molecular complexity index is 1110. The monoisotopic (exact) mass is 399 g/mol. The highest BCUT2D eigenvalue weighted by Gasteiger charge is 2.21. The molecule has 0 fully saturated rings. The van der Waals surface area contributed by atoms with E-state index >= 15 is 0 Å². The fraction of sp³-hybridized carbons (Fsp3) is 0.190. The number of aromatic carboxylic acids is 1. The van der Waals surface area contributed by atoms with E-state index in [0.717, 1.165) is 12.8 Å². The van der Waals surface area contributed by atoms with Crippen molar-refractivity contribution in [3.63, 3.8) is 0 Å². The summed E-state index contributed by atoms with van der Waals surface area (Å²) in [5.74, 6) is -0.586. The molecule has 0 aliphatic carbocycles. The van der Waals surface area contributed by atoms with Crippen molar-refractivity contribution in [1.82, 2.24) is 0 Å². The summed E-state index contributed by atoms with van der Waals surface area (Å²) in [7, 11) is -4.01. The second kappa shape index (κ2) is 8.31. The smallest absolute Gasteiger partial charge is 0.337 e. The fourth-order valence-corrected chi connectivity index (χ4v) is 4.18. The minimum atomic E-state index is -4.01. The quantitative estimate of drug-likeness (QED) is 0.543. The van der Waals surface area contributed by atoms with Crippen LogP contribution in [-0.2, 0) is 10.0 Å². The van der Waals surface area contributed by atoms with E-state index in [1.54, 1.807) is 36.4 Å². The SMILES string of the molecule is CCCCOc1ccc(S(=O)(=O)Nc2ccccc2C(=O)O)c2ccccc12. The van der Waals surface area contributed by atoms with Crippen molar-refractivity contribution in [3.8, 4) is 5.75 Å². The zero-order valence-electron chi connectivity index (χ0n) is 15.4. The number of nitrogens with one attached hydrogen (secondary N) is 1. The molecule has 6 nitrogen and oxygen atoms in total. The number of rotatable bonds is 8. The molecule has 146 valence electrons. The van der Waals surface area contributed by atoms with Crippen LogP contribution in [0.25, 0.3) is 10.8 Å². The third-order valence-electron chi connectivity index (χ3n) is 4.29. The first kappa shape index (κ1) is 19.7. The lowest BCUT2D eigenvalue weighted by Crippen LogP contribution is -2.16. The maximum absolute atomic E-state index is 13.0. The van der Waals surface area contributed by atoms with Crippen molar-refractivity contribution in [1.29, 1.82) is 0 Å². The fourth-order valence-electron chi connectivity index (χ4n) is 2.89. The number of fused-ring (bicyclic) bond motifs is 1. The summed E-state index contributed by atoms with van der Waals surface area (Å²) in [4.78, 5) is 11.4. The molecule has 0 atom stereocenters. The van der Waals surface area contributed by atoms with E-state index in [9.17, 15) is 18.3 Å². The lowest BCUT2D eigenvalue weighted by molar-refractivity contribution is 0.0698. The van der Waals surface area contributed by atoms with Gasteiger partial charge in [0.15, 0.2) is 0 Å². The Hall–Kier alpha value is -3.06. The number of carboxylic acids is 1. The third kappa shape index (κ3) is 4.09. The summed E-state index contributed by atoms with van der Waals surface area (Å²) in [6, 6.07) is 16.1. The van der Waals surface area contributed by atoms with Gasteiger partial charge in [-0.1, -0.05) is 49.7 Å². The Morgan fingerprint density at radius 3 is 2.39 bits per heavy atom. The van der Waals surface area contributed by atoms with Crippen LogP contribution in [0.2, 0.25) is 0 Å². The van der Waals surface area contributed by atoms with Crippen LogP contribution in [0.3, 0.4) is 0 Å². The molecule has 0 aliphatic heterocycles. The van der Waals surface area contributed by atoms with E-state index in [2.05, 4.69) is 11.6 Å². The zero-order chi connectivity index (χ0) is 20.1. The van der Waals surface area contributed by atoms with Gasteiger partial charge >= 0.3 is 5.97 Å². The molecule has 3 rings (SSSR count).